The van der Waals surface area contributed by atoms with Gasteiger partial charge in [-0.15, -0.1) is 0 Å². The van der Waals surface area contributed by atoms with Crippen LogP contribution in [-0.2, 0) is 6.54 Å². The molecule has 0 fully saturated rings. The highest BCUT2D eigenvalue weighted by atomic mass is 16.5. The third kappa shape index (κ3) is 2.65. The number of nitrogens with one attached hydrogen (secondary N) is 1. The first kappa shape index (κ1) is 16.1. The van der Waals surface area contributed by atoms with Crippen LogP contribution in [-0.4, -0.2) is 27.1 Å². The lowest BCUT2D eigenvalue weighted by molar-refractivity contribution is 0.415. The minimum Gasteiger partial charge on any atom is -0.497 e. The van der Waals surface area contributed by atoms with Gasteiger partial charge >= 0.3 is 0 Å². The van der Waals surface area contributed by atoms with Gasteiger partial charge in [0, 0.05) is 5.39 Å². The first-order chi connectivity index (χ1) is 12.7. The van der Waals surface area contributed by atoms with Crippen molar-refractivity contribution in [1.29, 1.82) is 0 Å². The summed E-state index contributed by atoms with van der Waals surface area (Å²) in [5.74, 6) is 0.776. The highest BCUT2D eigenvalue weighted by Crippen LogP contribution is 2.29. The van der Waals surface area contributed by atoms with Crippen molar-refractivity contribution in [3.05, 3.63) is 76.3 Å². The number of pyridine rings is 1. The van der Waals surface area contributed by atoms with Crippen LogP contribution in [0.5, 0.6) is 5.75 Å². The zero-order chi connectivity index (χ0) is 18.1. The topological polar surface area (TPSA) is 72.8 Å². The van der Waals surface area contributed by atoms with E-state index in [1.165, 1.54) is 0 Å². The standard InChI is InChI=1S/C20H18N4O2/c1-13-17-5-3-4-6-18(17)20(25)24(12-15-11-21-23-22-15)19(13)14-7-9-16(26-2)10-8-14/h3-11H,12H2,1-2H3,(H,21,22,23). The lowest BCUT2D eigenvalue weighted by Gasteiger charge is -2.18. The number of hydrogen-bond acceptors (Lipinski definition) is 4. The predicted octanol–water partition coefficient (Wildman–Crippen LogP) is 3.15. The van der Waals surface area contributed by atoms with Crippen molar-refractivity contribution in [3.63, 3.8) is 0 Å². The molecule has 26 heavy (non-hydrogen) atoms. The summed E-state index contributed by atoms with van der Waals surface area (Å²) in [6.45, 7) is 2.39. The highest BCUT2D eigenvalue weighted by molar-refractivity contribution is 5.89. The zero-order valence-electron chi connectivity index (χ0n) is 14.6. The maximum absolute atomic E-state index is 13.2. The number of aromatic nitrogens is 4. The van der Waals surface area contributed by atoms with Gasteiger partial charge in [0.1, 0.15) is 11.4 Å². The first-order valence-corrected chi connectivity index (χ1v) is 8.30. The molecule has 0 aliphatic heterocycles. The molecule has 2 heterocycles. The number of nitrogens with zero attached hydrogens (tertiary/aromatic N) is 3. The van der Waals surface area contributed by atoms with Gasteiger partial charge in [0.2, 0.25) is 0 Å². The Balaban J connectivity index is 2.01. The normalized spacial score (nSPS) is 11.0. The fraction of sp³-hybridized carbons (Fsp3) is 0.150. The number of rotatable bonds is 4. The number of fused-ring (bicyclic) bond motifs is 1. The minimum atomic E-state index is -0.0416. The molecule has 0 saturated carbocycles. The van der Waals surface area contributed by atoms with Crippen molar-refractivity contribution < 1.29 is 4.74 Å². The van der Waals surface area contributed by atoms with Gasteiger partial charge in [-0.3, -0.25) is 4.79 Å². The Morgan fingerprint density at radius 3 is 2.46 bits per heavy atom. The maximum Gasteiger partial charge on any atom is 0.259 e. The summed E-state index contributed by atoms with van der Waals surface area (Å²) in [6, 6.07) is 15.4. The molecule has 6 heteroatoms. The van der Waals surface area contributed by atoms with Crippen LogP contribution in [0.4, 0.5) is 0 Å². The van der Waals surface area contributed by atoms with E-state index in [-0.39, 0.29) is 5.56 Å². The fourth-order valence-corrected chi connectivity index (χ4v) is 3.31. The number of aromatic amines is 1. The van der Waals surface area contributed by atoms with Crippen LogP contribution in [0.15, 0.2) is 59.5 Å². The molecule has 6 nitrogen and oxygen atoms in total. The number of benzene rings is 2. The van der Waals surface area contributed by atoms with E-state index in [1.54, 1.807) is 17.9 Å². The molecule has 0 atom stereocenters. The Morgan fingerprint density at radius 1 is 1.08 bits per heavy atom. The summed E-state index contributed by atoms with van der Waals surface area (Å²) in [5.41, 5.74) is 3.54. The number of hydrogen-bond donors (Lipinski definition) is 1. The minimum absolute atomic E-state index is 0.0416. The molecule has 0 unspecified atom stereocenters. The van der Waals surface area contributed by atoms with Gasteiger partial charge in [-0.2, -0.15) is 15.4 Å². The second kappa shape index (κ2) is 6.48. The van der Waals surface area contributed by atoms with Gasteiger partial charge in [-0.05, 0) is 53.8 Å². The molecule has 0 aliphatic carbocycles. The first-order valence-electron chi connectivity index (χ1n) is 8.30. The summed E-state index contributed by atoms with van der Waals surface area (Å²) in [5, 5.41) is 12.2. The largest absolute Gasteiger partial charge is 0.497 e. The molecule has 0 aliphatic rings. The van der Waals surface area contributed by atoms with Crippen LogP contribution in [0.25, 0.3) is 22.0 Å². The Morgan fingerprint density at radius 2 is 1.81 bits per heavy atom. The lowest BCUT2D eigenvalue weighted by Crippen LogP contribution is -2.24. The lowest BCUT2D eigenvalue weighted by atomic mass is 10.00. The van der Waals surface area contributed by atoms with Gasteiger partial charge in [0.15, 0.2) is 0 Å². The predicted molar refractivity (Wildman–Crippen MR) is 100 cm³/mol. The molecule has 0 radical (unpaired) electrons. The van der Waals surface area contributed by atoms with Crippen LogP contribution in [0.2, 0.25) is 0 Å². The van der Waals surface area contributed by atoms with E-state index in [0.29, 0.717) is 17.6 Å². The molecule has 130 valence electrons. The Bertz CT molecular complexity index is 1110. The summed E-state index contributed by atoms with van der Waals surface area (Å²) >= 11 is 0. The van der Waals surface area contributed by atoms with Crippen molar-refractivity contribution >= 4 is 10.8 Å². The van der Waals surface area contributed by atoms with Gasteiger partial charge < -0.3 is 9.30 Å². The zero-order valence-corrected chi connectivity index (χ0v) is 14.6. The number of aryl methyl sites for hydroxylation is 1. The smallest absolute Gasteiger partial charge is 0.259 e. The van der Waals surface area contributed by atoms with Gasteiger partial charge in [-0.1, -0.05) is 18.2 Å². The Kier molecular flexibility index (Phi) is 4.01. The highest BCUT2D eigenvalue weighted by Gasteiger charge is 2.16. The molecule has 4 aromatic rings. The maximum atomic E-state index is 13.2. The van der Waals surface area contributed by atoms with E-state index in [0.717, 1.165) is 28.0 Å². The average molecular weight is 346 g/mol. The third-order valence-electron chi connectivity index (χ3n) is 4.58. The van der Waals surface area contributed by atoms with Crippen LogP contribution in [0.1, 0.15) is 11.3 Å². The Labute approximate surface area is 150 Å². The van der Waals surface area contributed by atoms with Crippen LogP contribution in [0.3, 0.4) is 0 Å². The quantitative estimate of drug-likeness (QED) is 0.616. The van der Waals surface area contributed by atoms with E-state index < -0.39 is 0 Å². The van der Waals surface area contributed by atoms with Crippen LogP contribution >= 0.6 is 0 Å². The Hall–Kier alpha value is -3.41. The SMILES string of the molecule is COc1ccc(-c2c(C)c3ccccc3c(=O)n2Cc2cn[nH]n2)cc1. The second-order valence-corrected chi connectivity index (χ2v) is 6.10. The molecule has 2 aromatic carbocycles. The summed E-state index contributed by atoms with van der Waals surface area (Å²) < 4.78 is 7.02. The van der Waals surface area contributed by atoms with E-state index in [1.807, 2.05) is 55.5 Å². The van der Waals surface area contributed by atoms with Crippen molar-refractivity contribution in [2.24, 2.45) is 0 Å². The molecule has 2 aromatic heterocycles. The van der Waals surface area contributed by atoms with Crippen molar-refractivity contribution in [1.82, 2.24) is 20.0 Å². The van der Waals surface area contributed by atoms with Crippen LogP contribution in [0, 0.1) is 6.92 Å². The molecule has 0 bridgehead atoms. The second-order valence-electron chi connectivity index (χ2n) is 6.10. The van der Waals surface area contributed by atoms with Crippen molar-refractivity contribution in [2.45, 2.75) is 13.5 Å². The number of H-pyrrole nitrogens is 1. The van der Waals surface area contributed by atoms with Gasteiger partial charge in [0.05, 0.1) is 25.5 Å². The summed E-state index contributed by atoms with van der Waals surface area (Å²) in [6.07, 6.45) is 1.63. The summed E-state index contributed by atoms with van der Waals surface area (Å²) in [4.78, 5) is 13.2. The van der Waals surface area contributed by atoms with E-state index in [4.69, 9.17) is 4.74 Å². The molecule has 4 rings (SSSR count). The summed E-state index contributed by atoms with van der Waals surface area (Å²) in [7, 11) is 1.64. The monoisotopic (exact) mass is 346 g/mol. The van der Waals surface area contributed by atoms with E-state index in [9.17, 15) is 4.79 Å². The third-order valence-corrected chi connectivity index (χ3v) is 4.58. The van der Waals surface area contributed by atoms with Crippen molar-refractivity contribution in [2.75, 3.05) is 7.11 Å². The molecule has 0 saturated heterocycles. The van der Waals surface area contributed by atoms with Gasteiger partial charge in [0.25, 0.3) is 5.56 Å². The number of methoxy groups -OCH3 is 1. The van der Waals surface area contributed by atoms with Crippen LogP contribution < -0.4 is 10.3 Å². The van der Waals surface area contributed by atoms with E-state index in [2.05, 4.69) is 15.4 Å². The molecular weight excluding hydrogens is 328 g/mol. The molecule has 0 spiro atoms. The molecular formula is C20H18N4O2. The molecule has 0 amide bonds. The average Bonchev–Trinajstić information content (AvgIpc) is 3.19. The molecule has 1 N–H and O–H groups in total. The van der Waals surface area contributed by atoms with Gasteiger partial charge in [-0.25, -0.2) is 0 Å². The van der Waals surface area contributed by atoms with Crippen molar-refractivity contribution in [3.8, 4) is 17.0 Å². The number of ether oxygens (including phenoxy) is 1. The fourth-order valence-electron chi connectivity index (χ4n) is 3.31. The van der Waals surface area contributed by atoms with E-state index >= 15 is 0 Å².